The molecule has 1 unspecified atom stereocenters. The first-order valence-electron chi connectivity index (χ1n) is 12.0. The van der Waals surface area contributed by atoms with Crippen LogP contribution in [0.2, 0.25) is 0 Å². The molecule has 2 atom stereocenters. The smallest absolute Gasteiger partial charge is 0.243 e. The molecule has 10 nitrogen and oxygen atoms in total. The van der Waals surface area contributed by atoms with Crippen LogP contribution in [0.5, 0.6) is 0 Å². The van der Waals surface area contributed by atoms with Gasteiger partial charge in [-0.05, 0) is 43.9 Å². The number of amides is 1. The van der Waals surface area contributed by atoms with Crippen LogP contribution in [-0.4, -0.2) is 69.1 Å². The Morgan fingerprint density at radius 2 is 2.09 bits per heavy atom. The van der Waals surface area contributed by atoms with Gasteiger partial charge in [0, 0.05) is 44.0 Å². The number of thiazole rings is 1. The summed E-state index contributed by atoms with van der Waals surface area (Å²) in [6.45, 7) is 7.51. The van der Waals surface area contributed by atoms with Gasteiger partial charge >= 0.3 is 0 Å². The van der Waals surface area contributed by atoms with E-state index in [-0.39, 0.29) is 18.0 Å². The summed E-state index contributed by atoms with van der Waals surface area (Å²) in [5.74, 6) is 1.14. The number of nitrogens with zero attached hydrogens (tertiary/aromatic N) is 5. The molecule has 2 fully saturated rings. The fourth-order valence-corrected chi connectivity index (χ4v) is 5.34. The lowest BCUT2D eigenvalue weighted by Crippen LogP contribution is -2.41. The van der Waals surface area contributed by atoms with Crippen LogP contribution in [0.4, 0.5) is 16.9 Å². The van der Waals surface area contributed by atoms with Crippen LogP contribution in [-0.2, 0) is 16.1 Å². The van der Waals surface area contributed by atoms with Crippen LogP contribution < -0.4 is 16.0 Å². The fraction of sp³-hybridized carbons (Fsp3) is 0.458. The average Bonchev–Trinajstić information content (AvgIpc) is 3.27. The summed E-state index contributed by atoms with van der Waals surface area (Å²) in [6, 6.07) is 6.11. The van der Waals surface area contributed by atoms with Crippen LogP contribution in [0.1, 0.15) is 31.4 Å². The van der Waals surface area contributed by atoms with E-state index in [1.54, 1.807) is 6.20 Å². The number of nitrogens with one attached hydrogen (secondary N) is 3. The van der Waals surface area contributed by atoms with E-state index in [0.717, 1.165) is 79.7 Å². The number of hydrogen-bond donors (Lipinski definition) is 3. The van der Waals surface area contributed by atoms with Crippen molar-refractivity contribution in [3.63, 3.8) is 0 Å². The lowest BCUT2D eigenvalue weighted by molar-refractivity contribution is -0.117. The molecule has 3 aromatic rings. The van der Waals surface area contributed by atoms with Crippen molar-refractivity contribution in [2.75, 3.05) is 36.9 Å². The molecule has 0 bridgehead atoms. The number of morpholine rings is 1. The van der Waals surface area contributed by atoms with Crippen molar-refractivity contribution in [2.24, 2.45) is 0 Å². The molecule has 35 heavy (non-hydrogen) atoms. The molecule has 1 aliphatic carbocycles. The van der Waals surface area contributed by atoms with E-state index < -0.39 is 0 Å². The molecule has 1 amide bonds. The third-order valence-electron chi connectivity index (χ3n) is 6.21. The standard InChI is InChI=1S/C24H30N8O2S/c1-2-21(33)26-16-5-3-6-17(13-16)27-23-28-18(15-32-9-11-34-12-10-32)14-20(30-23)31-24-29-19-7-4-8-25-22(19)35-24/h2,4,7-8,14,16-17H,1,3,5-6,9-13,15H2,(H,26,33)(H2,27,28,29,30,31)/t16?,17-/m1/s1. The van der Waals surface area contributed by atoms with Crippen molar-refractivity contribution in [3.05, 3.63) is 42.7 Å². The maximum atomic E-state index is 11.8. The molecule has 3 N–H and O–H groups in total. The van der Waals surface area contributed by atoms with E-state index in [0.29, 0.717) is 11.8 Å². The number of aromatic nitrogens is 4. The number of carbonyl (C=O) groups excluding carboxylic acids is 1. The van der Waals surface area contributed by atoms with Crippen molar-refractivity contribution < 1.29 is 9.53 Å². The molecule has 1 saturated carbocycles. The first-order chi connectivity index (χ1) is 17.1. The van der Waals surface area contributed by atoms with Gasteiger partial charge in [-0.3, -0.25) is 9.69 Å². The molecule has 0 spiro atoms. The van der Waals surface area contributed by atoms with Gasteiger partial charge in [-0.2, -0.15) is 4.98 Å². The van der Waals surface area contributed by atoms with Gasteiger partial charge in [-0.1, -0.05) is 17.9 Å². The van der Waals surface area contributed by atoms with E-state index in [9.17, 15) is 4.79 Å². The van der Waals surface area contributed by atoms with Gasteiger partial charge in [0.15, 0.2) is 5.13 Å². The van der Waals surface area contributed by atoms with Gasteiger partial charge < -0.3 is 20.7 Å². The van der Waals surface area contributed by atoms with Crippen LogP contribution in [0.25, 0.3) is 10.3 Å². The third kappa shape index (κ3) is 6.30. The first-order valence-corrected chi connectivity index (χ1v) is 12.8. The largest absolute Gasteiger partial charge is 0.379 e. The average molecular weight is 495 g/mol. The molecule has 4 heterocycles. The summed E-state index contributed by atoms with van der Waals surface area (Å²) in [6.07, 6.45) is 6.91. The van der Waals surface area contributed by atoms with E-state index in [1.165, 1.54) is 17.4 Å². The van der Waals surface area contributed by atoms with Crippen molar-refractivity contribution in [1.82, 2.24) is 30.2 Å². The van der Waals surface area contributed by atoms with Gasteiger partial charge in [-0.15, -0.1) is 0 Å². The summed E-state index contributed by atoms with van der Waals surface area (Å²) in [5.41, 5.74) is 1.79. The summed E-state index contributed by atoms with van der Waals surface area (Å²) in [7, 11) is 0. The zero-order chi connectivity index (χ0) is 24.0. The minimum atomic E-state index is -0.129. The number of carbonyl (C=O) groups is 1. The monoisotopic (exact) mass is 494 g/mol. The summed E-state index contributed by atoms with van der Waals surface area (Å²) in [5, 5.41) is 10.6. The molecule has 0 aromatic carbocycles. The van der Waals surface area contributed by atoms with Crippen molar-refractivity contribution in [1.29, 1.82) is 0 Å². The van der Waals surface area contributed by atoms with Crippen molar-refractivity contribution >= 4 is 44.5 Å². The molecule has 1 aliphatic heterocycles. The molecule has 11 heteroatoms. The number of hydrogen-bond acceptors (Lipinski definition) is 10. The quantitative estimate of drug-likeness (QED) is 0.406. The molecule has 184 valence electrons. The minimum Gasteiger partial charge on any atom is -0.379 e. The number of anilines is 3. The number of pyridine rings is 1. The zero-order valence-corrected chi connectivity index (χ0v) is 20.4. The predicted molar refractivity (Wildman–Crippen MR) is 137 cm³/mol. The maximum absolute atomic E-state index is 11.8. The van der Waals surface area contributed by atoms with Crippen LogP contribution in [0, 0.1) is 0 Å². The van der Waals surface area contributed by atoms with E-state index in [4.69, 9.17) is 14.7 Å². The normalized spacial score (nSPS) is 20.9. The van der Waals surface area contributed by atoms with E-state index >= 15 is 0 Å². The van der Waals surface area contributed by atoms with Crippen molar-refractivity contribution in [3.8, 4) is 0 Å². The van der Waals surface area contributed by atoms with Crippen LogP contribution in [0.3, 0.4) is 0 Å². The first kappa shape index (κ1) is 23.6. The minimum absolute atomic E-state index is 0.121. The Kier molecular flexibility index (Phi) is 7.45. The molecule has 2 aliphatic rings. The van der Waals surface area contributed by atoms with Crippen LogP contribution in [0.15, 0.2) is 37.1 Å². The topological polar surface area (TPSA) is 117 Å². The zero-order valence-electron chi connectivity index (χ0n) is 19.6. The van der Waals surface area contributed by atoms with Gasteiger partial charge in [-0.25, -0.2) is 15.0 Å². The molecule has 3 aromatic heterocycles. The van der Waals surface area contributed by atoms with Gasteiger partial charge in [0.1, 0.15) is 16.2 Å². The maximum Gasteiger partial charge on any atom is 0.243 e. The third-order valence-corrected chi connectivity index (χ3v) is 7.10. The highest BCUT2D eigenvalue weighted by molar-refractivity contribution is 7.21. The molecule has 1 saturated heterocycles. The van der Waals surface area contributed by atoms with E-state index in [2.05, 4.69) is 37.4 Å². The number of rotatable bonds is 8. The van der Waals surface area contributed by atoms with Gasteiger partial charge in [0.05, 0.1) is 18.9 Å². The lowest BCUT2D eigenvalue weighted by Gasteiger charge is -2.30. The Morgan fingerprint density at radius 1 is 1.23 bits per heavy atom. The van der Waals surface area contributed by atoms with Gasteiger partial charge in [0.25, 0.3) is 0 Å². The number of fused-ring (bicyclic) bond motifs is 1. The SMILES string of the molecule is C=CC(=O)NC1CCC[C@@H](Nc2nc(CN3CCOCC3)cc(Nc3nc4cccnc4s3)n2)C1. The molecule has 0 radical (unpaired) electrons. The molecular formula is C24H30N8O2S. The second-order valence-electron chi connectivity index (χ2n) is 8.85. The summed E-state index contributed by atoms with van der Waals surface area (Å²) in [4.78, 5) is 33.6. The van der Waals surface area contributed by atoms with Crippen molar-refractivity contribution in [2.45, 2.75) is 44.3 Å². The fourth-order valence-electron chi connectivity index (χ4n) is 4.52. The second-order valence-corrected chi connectivity index (χ2v) is 9.82. The summed E-state index contributed by atoms with van der Waals surface area (Å²) < 4.78 is 5.49. The van der Waals surface area contributed by atoms with Gasteiger partial charge in [0.2, 0.25) is 11.9 Å². The molecule has 5 rings (SSSR count). The Bertz CT molecular complexity index is 1150. The highest BCUT2D eigenvalue weighted by Gasteiger charge is 2.24. The highest BCUT2D eigenvalue weighted by atomic mass is 32.1. The number of ether oxygens (including phenoxy) is 1. The Labute approximate surface area is 208 Å². The lowest BCUT2D eigenvalue weighted by atomic mass is 9.91. The Hall–Kier alpha value is -3.15. The van der Waals surface area contributed by atoms with Crippen LogP contribution >= 0.6 is 11.3 Å². The second kappa shape index (κ2) is 11.1. The predicted octanol–water partition coefficient (Wildman–Crippen LogP) is 3.08. The Morgan fingerprint density at radius 3 is 2.91 bits per heavy atom. The Balaban J connectivity index is 1.34. The summed E-state index contributed by atoms with van der Waals surface area (Å²) >= 11 is 1.49. The van der Waals surface area contributed by atoms with E-state index in [1.807, 2.05) is 18.2 Å². The molecular weight excluding hydrogens is 464 g/mol. The highest BCUT2D eigenvalue weighted by Crippen LogP contribution is 2.27.